The lowest BCUT2D eigenvalue weighted by Crippen LogP contribution is -2.32. The van der Waals surface area contributed by atoms with E-state index in [9.17, 15) is 9.59 Å². The molecule has 22 heavy (non-hydrogen) atoms. The zero-order valence-electron chi connectivity index (χ0n) is 12.0. The van der Waals surface area contributed by atoms with E-state index in [1.54, 1.807) is 0 Å². The molecule has 1 aromatic heterocycles. The maximum Gasteiger partial charge on any atom is 0.230 e. The second-order valence-corrected chi connectivity index (χ2v) is 7.56. The standard InChI is InChI=1S/C13H18N4O3S2/c18-10(14-6-9-2-1-5-20-9)7-21-13-17-16-12(22-13)15-11(19)8-3-4-8/h8-9H,1-7H2,(H,14,18)(H,15,16,19). The van der Waals surface area contributed by atoms with Crippen LogP contribution in [0.1, 0.15) is 25.7 Å². The minimum Gasteiger partial charge on any atom is -0.376 e. The highest BCUT2D eigenvalue weighted by molar-refractivity contribution is 8.01. The van der Waals surface area contributed by atoms with Gasteiger partial charge in [0.1, 0.15) is 0 Å². The summed E-state index contributed by atoms with van der Waals surface area (Å²) in [4.78, 5) is 23.4. The first kappa shape index (κ1) is 15.7. The summed E-state index contributed by atoms with van der Waals surface area (Å²) in [5, 5.41) is 14.0. The smallest absolute Gasteiger partial charge is 0.230 e. The van der Waals surface area contributed by atoms with Crippen molar-refractivity contribution in [3.8, 4) is 0 Å². The predicted molar refractivity (Wildman–Crippen MR) is 84.0 cm³/mol. The lowest BCUT2D eigenvalue weighted by Gasteiger charge is -2.09. The molecule has 0 aromatic carbocycles. The SMILES string of the molecule is O=C(CSc1nnc(NC(=O)C2CC2)s1)NCC1CCCO1. The fourth-order valence-electron chi connectivity index (χ4n) is 2.08. The van der Waals surface area contributed by atoms with Crippen molar-refractivity contribution in [2.75, 3.05) is 24.2 Å². The van der Waals surface area contributed by atoms with E-state index >= 15 is 0 Å². The first-order chi connectivity index (χ1) is 10.7. The molecule has 1 saturated carbocycles. The zero-order chi connectivity index (χ0) is 15.4. The number of nitrogens with one attached hydrogen (secondary N) is 2. The van der Waals surface area contributed by atoms with E-state index in [0.717, 1.165) is 32.3 Å². The van der Waals surface area contributed by atoms with Gasteiger partial charge in [0.15, 0.2) is 4.34 Å². The number of carbonyl (C=O) groups is 2. The van der Waals surface area contributed by atoms with Gasteiger partial charge in [-0.3, -0.25) is 9.59 Å². The first-order valence-corrected chi connectivity index (χ1v) is 9.16. The number of thioether (sulfide) groups is 1. The Morgan fingerprint density at radius 3 is 2.91 bits per heavy atom. The van der Waals surface area contributed by atoms with E-state index < -0.39 is 0 Å². The molecule has 2 fully saturated rings. The molecule has 2 N–H and O–H groups in total. The molecule has 1 aliphatic heterocycles. The third-order valence-corrected chi connectivity index (χ3v) is 5.43. The van der Waals surface area contributed by atoms with Gasteiger partial charge < -0.3 is 15.4 Å². The number of hydrogen-bond donors (Lipinski definition) is 2. The molecule has 0 spiro atoms. The highest BCUT2D eigenvalue weighted by Gasteiger charge is 2.30. The first-order valence-electron chi connectivity index (χ1n) is 7.36. The van der Waals surface area contributed by atoms with E-state index in [1.807, 2.05) is 0 Å². The monoisotopic (exact) mass is 342 g/mol. The number of ether oxygens (including phenoxy) is 1. The summed E-state index contributed by atoms with van der Waals surface area (Å²) < 4.78 is 6.13. The number of anilines is 1. The molecule has 2 amide bonds. The second-order valence-electron chi connectivity index (χ2n) is 5.36. The van der Waals surface area contributed by atoms with Crippen LogP contribution in [0, 0.1) is 5.92 Å². The summed E-state index contributed by atoms with van der Waals surface area (Å²) in [6.07, 6.45) is 4.14. The molecule has 3 rings (SSSR count). The number of nitrogens with zero attached hydrogens (tertiary/aromatic N) is 2. The van der Waals surface area contributed by atoms with E-state index in [0.29, 0.717) is 16.0 Å². The summed E-state index contributed by atoms with van der Waals surface area (Å²) >= 11 is 2.62. The normalized spacial score (nSPS) is 20.8. The Bertz CT molecular complexity index is 541. The molecule has 2 heterocycles. The number of amides is 2. The average Bonchev–Trinajstić information content (AvgIpc) is 3.06. The molecule has 1 aliphatic carbocycles. The van der Waals surface area contributed by atoms with Gasteiger partial charge in [-0.05, 0) is 25.7 Å². The van der Waals surface area contributed by atoms with Crippen LogP contribution in [-0.2, 0) is 14.3 Å². The number of aromatic nitrogens is 2. The van der Waals surface area contributed by atoms with Crippen LogP contribution in [0.4, 0.5) is 5.13 Å². The minimum atomic E-state index is -0.0423. The van der Waals surface area contributed by atoms with Crippen LogP contribution in [0.5, 0.6) is 0 Å². The molecule has 7 nitrogen and oxygen atoms in total. The molecule has 1 atom stereocenters. The second kappa shape index (κ2) is 7.38. The topological polar surface area (TPSA) is 93.2 Å². The van der Waals surface area contributed by atoms with Gasteiger partial charge in [-0.25, -0.2) is 0 Å². The Morgan fingerprint density at radius 1 is 1.32 bits per heavy atom. The van der Waals surface area contributed by atoms with Crippen molar-refractivity contribution in [2.45, 2.75) is 36.1 Å². The van der Waals surface area contributed by atoms with Crippen LogP contribution in [-0.4, -0.2) is 47.0 Å². The average molecular weight is 342 g/mol. The van der Waals surface area contributed by atoms with Gasteiger partial charge in [0, 0.05) is 19.1 Å². The van der Waals surface area contributed by atoms with Gasteiger partial charge >= 0.3 is 0 Å². The maximum atomic E-state index is 11.8. The quantitative estimate of drug-likeness (QED) is 0.573. The number of carbonyl (C=O) groups excluding carboxylic acids is 2. The van der Waals surface area contributed by atoms with Gasteiger partial charge in [-0.1, -0.05) is 23.1 Å². The van der Waals surface area contributed by atoms with Crippen LogP contribution in [0.2, 0.25) is 0 Å². The van der Waals surface area contributed by atoms with Crippen molar-refractivity contribution in [1.29, 1.82) is 0 Å². The minimum absolute atomic E-state index is 0.0157. The van der Waals surface area contributed by atoms with E-state index in [4.69, 9.17) is 4.74 Å². The summed E-state index contributed by atoms with van der Waals surface area (Å²) in [5.41, 5.74) is 0. The van der Waals surface area contributed by atoms with Crippen LogP contribution in [0.25, 0.3) is 0 Å². The fraction of sp³-hybridized carbons (Fsp3) is 0.692. The molecule has 1 unspecified atom stereocenters. The van der Waals surface area contributed by atoms with E-state index in [1.165, 1.54) is 23.1 Å². The molecule has 1 aromatic rings. The lowest BCUT2D eigenvalue weighted by atomic mass is 10.2. The molecule has 1 saturated heterocycles. The van der Waals surface area contributed by atoms with Crippen molar-refractivity contribution in [3.05, 3.63) is 0 Å². The van der Waals surface area contributed by atoms with Gasteiger partial charge in [0.25, 0.3) is 0 Å². The Labute approximate surface area is 136 Å². The zero-order valence-corrected chi connectivity index (χ0v) is 13.7. The van der Waals surface area contributed by atoms with Gasteiger partial charge in [-0.2, -0.15) is 0 Å². The summed E-state index contributed by atoms with van der Waals surface area (Å²) in [6, 6.07) is 0. The Kier molecular flexibility index (Phi) is 5.27. The van der Waals surface area contributed by atoms with E-state index in [-0.39, 0.29) is 29.6 Å². The highest BCUT2D eigenvalue weighted by Crippen LogP contribution is 2.31. The third kappa shape index (κ3) is 4.65. The highest BCUT2D eigenvalue weighted by atomic mass is 32.2. The molecule has 2 aliphatic rings. The van der Waals surface area contributed by atoms with E-state index in [2.05, 4.69) is 20.8 Å². The van der Waals surface area contributed by atoms with Crippen molar-refractivity contribution < 1.29 is 14.3 Å². The Balaban J connectivity index is 1.36. The van der Waals surface area contributed by atoms with Crippen LogP contribution >= 0.6 is 23.1 Å². The van der Waals surface area contributed by atoms with Gasteiger partial charge in [-0.15, -0.1) is 10.2 Å². The summed E-state index contributed by atoms with van der Waals surface area (Å²) in [5.74, 6) is 0.405. The Morgan fingerprint density at radius 2 is 2.18 bits per heavy atom. The summed E-state index contributed by atoms with van der Waals surface area (Å²) in [7, 11) is 0. The van der Waals surface area contributed by atoms with Crippen LogP contribution in [0.3, 0.4) is 0 Å². The van der Waals surface area contributed by atoms with Crippen molar-refractivity contribution >= 4 is 40.0 Å². The summed E-state index contributed by atoms with van der Waals surface area (Å²) in [6.45, 7) is 1.35. The maximum absolute atomic E-state index is 11.8. The van der Waals surface area contributed by atoms with Crippen LogP contribution in [0.15, 0.2) is 4.34 Å². The molecular formula is C13H18N4O3S2. The molecule has 0 radical (unpaired) electrons. The van der Waals surface area contributed by atoms with Crippen molar-refractivity contribution in [2.24, 2.45) is 5.92 Å². The largest absolute Gasteiger partial charge is 0.376 e. The van der Waals surface area contributed by atoms with Gasteiger partial charge in [0.05, 0.1) is 11.9 Å². The Hall–Kier alpha value is -1.19. The predicted octanol–water partition coefficient (Wildman–Crippen LogP) is 1.27. The third-order valence-electron chi connectivity index (χ3n) is 3.46. The molecule has 0 bridgehead atoms. The van der Waals surface area contributed by atoms with Crippen LogP contribution < -0.4 is 10.6 Å². The lowest BCUT2D eigenvalue weighted by molar-refractivity contribution is -0.119. The van der Waals surface area contributed by atoms with Crippen molar-refractivity contribution in [3.63, 3.8) is 0 Å². The van der Waals surface area contributed by atoms with Crippen molar-refractivity contribution in [1.82, 2.24) is 15.5 Å². The molecule has 120 valence electrons. The molecular weight excluding hydrogens is 324 g/mol. The fourth-order valence-corrected chi connectivity index (χ4v) is 3.67. The molecule has 9 heteroatoms. The number of hydrogen-bond acceptors (Lipinski definition) is 7. The van der Waals surface area contributed by atoms with Gasteiger partial charge in [0.2, 0.25) is 16.9 Å². The number of rotatable bonds is 7.